The summed E-state index contributed by atoms with van der Waals surface area (Å²) in [5, 5.41) is 3.33. The predicted molar refractivity (Wildman–Crippen MR) is 102 cm³/mol. The fourth-order valence-electron chi connectivity index (χ4n) is 2.76. The van der Waals surface area contributed by atoms with Gasteiger partial charge in [-0.3, -0.25) is 9.59 Å². The number of benzene rings is 1. The summed E-state index contributed by atoms with van der Waals surface area (Å²) in [4.78, 5) is 24.2. The Hall–Kier alpha value is -1.63. The van der Waals surface area contributed by atoms with Gasteiger partial charge in [-0.1, -0.05) is 24.6 Å². The number of ketones is 2. The second-order valence-corrected chi connectivity index (χ2v) is 7.21. The highest BCUT2D eigenvalue weighted by atomic mass is 35.5. The van der Waals surface area contributed by atoms with Gasteiger partial charge in [0.15, 0.2) is 0 Å². The van der Waals surface area contributed by atoms with Crippen molar-refractivity contribution < 1.29 is 16.8 Å². The van der Waals surface area contributed by atoms with Crippen LogP contribution in [0, 0.1) is 5.82 Å². The fraction of sp³-hybridized carbons (Fsp3) is 0.389. The number of carbonyl (C=O) groups excluding carboxylic acids is 2. The van der Waals surface area contributed by atoms with Crippen molar-refractivity contribution in [2.75, 3.05) is 0 Å². The maximum absolute atomic E-state index is 15.1. The number of hydrogen-bond donors (Lipinski definition) is 1. The van der Waals surface area contributed by atoms with E-state index in [9.17, 15) is 9.59 Å². The molecule has 0 unspecified atom stereocenters. The van der Waals surface area contributed by atoms with Crippen LogP contribution in [0.4, 0.5) is 4.39 Å². The number of Topliss-reactive ketones (excluding diaryl/α,β-unsaturated/α-hetero) is 1. The van der Waals surface area contributed by atoms with Gasteiger partial charge in [0.1, 0.15) is 11.6 Å². The van der Waals surface area contributed by atoms with E-state index in [4.69, 9.17) is 11.6 Å². The first-order valence-corrected chi connectivity index (χ1v) is 9.19. The highest BCUT2D eigenvalue weighted by Gasteiger charge is 2.25. The normalized spacial score (nSPS) is 13.5. The Morgan fingerprint density at radius 3 is 2.68 bits per heavy atom. The fourth-order valence-corrected chi connectivity index (χ4v) is 3.54. The van der Waals surface area contributed by atoms with Crippen molar-refractivity contribution in [2.45, 2.75) is 45.7 Å². The monoisotopic (exact) mass is 386 g/mol. The molecule has 1 aromatic heterocycles. The lowest BCUT2D eigenvalue weighted by molar-refractivity contribution is -0.117. The van der Waals surface area contributed by atoms with Crippen LogP contribution in [0.1, 0.15) is 63.3 Å². The molecule has 0 aliphatic rings. The Balaban J connectivity index is 0.00000338. The Morgan fingerprint density at radius 1 is 1.40 bits per heavy atom. The van der Waals surface area contributed by atoms with Crippen LogP contribution in [0.5, 0.6) is 0 Å². The second kappa shape index (κ2) is 8.65. The zero-order valence-corrected chi connectivity index (χ0v) is 15.9. The lowest BCUT2D eigenvalue weighted by Gasteiger charge is -2.23. The Morgan fingerprint density at radius 2 is 2.12 bits per heavy atom. The van der Waals surface area contributed by atoms with Gasteiger partial charge in [0.25, 0.3) is 0 Å². The highest BCUT2D eigenvalue weighted by molar-refractivity contribution is 7.08. The first-order chi connectivity index (χ1) is 11.8. The van der Waals surface area contributed by atoms with E-state index in [2.05, 4.69) is 9.69 Å². The number of hydrogen-bond acceptors (Lipinski definition) is 5. The quantitative estimate of drug-likeness (QED) is 0.643. The van der Waals surface area contributed by atoms with Gasteiger partial charge < -0.3 is 5.32 Å². The van der Waals surface area contributed by atoms with Gasteiger partial charge in [0.2, 0.25) is 5.78 Å². The van der Waals surface area contributed by atoms with E-state index >= 15 is 4.39 Å². The van der Waals surface area contributed by atoms with E-state index in [1.807, 2.05) is 13.8 Å². The molecule has 0 fully saturated rings. The molecule has 0 spiro atoms. The van der Waals surface area contributed by atoms with Crippen LogP contribution in [0.2, 0.25) is 5.02 Å². The maximum atomic E-state index is 15.1. The largest absolute Gasteiger partial charge is 0.307 e. The van der Waals surface area contributed by atoms with Gasteiger partial charge in [0.05, 0.1) is 15.5 Å². The van der Waals surface area contributed by atoms with Crippen molar-refractivity contribution >= 4 is 34.7 Å². The minimum Gasteiger partial charge on any atom is -0.307 e. The summed E-state index contributed by atoms with van der Waals surface area (Å²) in [6.07, 6.45) is 2.46. The average molecular weight is 387 g/mol. The van der Waals surface area contributed by atoms with Gasteiger partial charge in [0, 0.05) is 33.1 Å². The predicted octanol–water partition coefficient (Wildman–Crippen LogP) is 5.07. The van der Waals surface area contributed by atoms with Crippen LogP contribution in [0.25, 0.3) is 0 Å². The summed E-state index contributed by atoms with van der Waals surface area (Å²) < 4.78 is 19.0. The molecule has 0 amide bonds. The first-order valence-electron chi connectivity index (χ1n) is 8.03. The molecule has 0 saturated heterocycles. The van der Waals surface area contributed by atoms with Crippen LogP contribution in [0.3, 0.4) is 0 Å². The lowest BCUT2D eigenvalue weighted by Crippen LogP contribution is -2.32. The molecule has 4 nitrogen and oxygen atoms in total. The number of nitrogens with one attached hydrogen (secondary N) is 1. The molecule has 0 radical (unpaired) electrons. The van der Waals surface area contributed by atoms with Crippen molar-refractivity contribution in [2.24, 2.45) is 0 Å². The lowest BCUT2D eigenvalue weighted by atomic mass is 9.97. The van der Waals surface area contributed by atoms with Crippen LogP contribution < -0.4 is 5.32 Å². The van der Waals surface area contributed by atoms with Gasteiger partial charge >= 0.3 is 0 Å². The minimum absolute atomic E-state index is 0. The number of nitrogens with zero attached hydrogens (tertiary/aromatic N) is 1. The van der Waals surface area contributed by atoms with E-state index < -0.39 is 11.6 Å². The SMILES string of the molecule is CC[C@@H](N[C@@H](C)CC(C)=O)c1ccc(Cl)c(C(=O)c2ccns2)c1F.[HH].[HH]. The Labute approximate surface area is 158 Å². The van der Waals surface area contributed by atoms with Crippen molar-refractivity contribution in [3.05, 3.63) is 51.2 Å². The number of carbonyl (C=O) groups is 2. The molecule has 25 heavy (non-hydrogen) atoms. The summed E-state index contributed by atoms with van der Waals surface area (Å²) >= 11 is 7.10. The van der Waals surface area contributed by atoms with E-state index in [-0.39, 0.29) is 31.3 Å². The van der Waals surface area contributed by atoms with Gasteiger partial charge in [-0.15, -0.1) is 0 Å². The minimum atomic E-state index is -0.625. The third-order valence-corrected chi connectivity index (χ3v) is 4.93. The van der Waals surface area contributed by atoms with Gasteiger partial charge in [-0.05, 0) is 43.9 Å². The first kappa shape index (κ1) is 19.7. The number of rotatable bonds is 8. The molecule has 2 aromatic rings. The molecule has 0 aliphatic carbocycles. The van der Waals surface area contributed by atoms with Gasteiger partial charge in [-0.2, -0.15) is 0 Å². The van der Waals surface area contributed by atoms with Crippen molar-refractivity contribution in [1.82, 2.24) is 9.69 Å². The number of halogens is 2. The van der Waals surface area contributed by atoms with Crippen LogP contribution in [0.15, 0.2) is 24.4 Å². The van der Waals surface area contributed by atoms with E-state index in [0.717, 1.165) is 11.5 Å². The van der Waals surface area contributed by atoms with Crippen LogP contribution >= 0.6 is 23.1 Å². The third-order valence-electron chi connectivity index (χ3n) is 3.87. The summed E-state index contributed by atoms with van der Waals surface area (Å²) in [5.74, 6) is -1.04. The molecule has 0 bridgehead atoms. The van der Waals surface area contributed by atoms with Crippen molar-refractivity contribution in [1.29, 1.82) is 0 Å². The average Bonchev–Trinajstić information content (AvgIpc) is 3.07. The summed E-state index contributed by atoms with van der Waals surface area (Å²) in [7, 11) is 0. The Kier molecular flexibility index (Phi) is 6.81. The van der Waals surface area contributed by atoms with Crippen molar-refractivity contribution in [3.8, 4) is 0 Å². The Bertz CT molecular complexity index is 775. The zero-order chi connectivity index (χ0) is 18.6. The molecule has 0 aliphatic heterocycles. The summed E-state index contributed by atoms with van der Waals surface area (Å²) in [6.45, 7) is 5.31. The molecule has 7 heteroatoms. The molecule has 2 rings (SSSR count). The van der Waals surface area contributed by atoms with E-state index in [1.165, 1.54) is 19.2 Å². The van der Waals surface area contributed by atoms with Gasteiger partial charge in [-0.25, -0.2) is 8.76 Å². The standard InChI is InChI=1S/C18H20ClFN2O2S.2H2/c1-4-14(22-10(2)9-11(3)23)12-5-6-13(19)16(17(12)20)18(24)15-7-8-21-25-15;;/h5-8,10,14,22H,4,9H2,1-3H3;2*1H/t10-,14+;;/m0../s1. The molecular weight excluding hydrogens is 363 g/mol. The molecule has 0 saturated carbocycles. The van der Waals surface area contributed by atoms with Crippen LogP contribution in [-0.4, -0.2) is 22.0 Å². The van der Waals surface area contributed by atoms with Crippen molar-refractivity contribution in [3.63, 3.8) is 0 Å². The van der Waals surface area contributed by atoms with Crippen LogP contribution in [-0.2, 0) is 4.79 Å². The topological polar surface area (TPSA) is 59.1 Å². The summed E-state index contributed by atoms with van der Waals surface area (Å²) in [6, 6.07) is 4.24. The number of aromatic nitrogens is 1. The maximum Gasteiger partial charge on any atom is 0.209 e. The summed E-state index contributed by atoms with van der Waals surface area (Å²) in [5.41, 5.74) is 0.234. The highest BCUT2D eigenvalue weighted by Crippen LogP contribution is 2.30. The molecule has 2 atom stereocenters. The third kappa shape index (κ3) is 4.71. The molecule has 1 N–H and O–H groups in total. The molecular formula is C18H24ClFN2O2S. The molecule has 1 aromatic carbocycles. The van der Waals surface area contributed by atoms with E-state index in [1.54, 1.807) is 12.1 Å². The zero-order valence-electron chi connectivity index (χ0n) is 14.3. The smallest absolute Gasteiger partial charge is 0.209 e. The second-order valence-electron chi connectivity index (χ2n) is 5.97. The molecule has 138 valence electrons. The van der Waals surface area contributed by atoms with E-state index in [0.29, 0.717) is 23.3 Å². The molecule has 1 heterocycles.